The zero-order valence-corrected chi connectivity index (χ0v) is 15.1. The second kappa shape index (κ2) is 6.14. The molecule has 1 saturated carbocycles. The van der Waals surface area contributed by atoms with Gasteiger partial charge in [-0.15, -0.1) is 10.2 Å². The molecule has 1 saturated heterocycles. The van der Waals surface area contributed by atoms with Gasteiger partial charge in [-0.2, -0.15) is 5.10 Å². The van der Waals surface area contributed by atoms with Gasteiger partial charge in [-0.1, -0.05) is 11.8 Å². The number of hydrogen-bond acceptors (Lipinski definition) is 7. The SMILES string of the molecule is Cn1cnnc1SCc1nc(CC2CC2)nn1[C@H]1CCS(=O)(=O)C1. The summed E-state index contributed by atoms with van der Waals surface area (Å²) in [7, 11) is -1.05. The molecule has 2 aromatic heterocycles. The van der Waals surface area contributed by atoms with Crippen LogP contribution in [0.1, 0.15) is 37.0 Å². The van der Waals surface area contributed by atoms with Crippen LogP contribution in [0.2, 0.25) is 0 Å². The van der Waals surface area contributed by atoms with Crippen LogP contribution in [0.4, 0.5) is 0 Å². The molecule has 2 aliphatic rings. The summed E-state index contributed by atoms with van der Waals surface area (Å²) < 4.78 is 27.4. The Balaban J connectivity index is 1.56. The monoisotopic (exact) mass is 368 g/mol. The summed E-state index contributed by atoms with van der Waals surface area (Å²) in [6.45, 7) is 0. The Morgan fingerprint density at radius 1 is 1.33 bits per heavy atom. The Labute approximate surface area is 145 Å². The van der Waals surface area contributed by atoms with Gasteiger partial charge in [0.05, 0.1) is 23.3 Å². The number of nitrogens with zero attached hydrogens (tertiary/aromatic N) is 6. The minimum absolute atomic E-state index is 0.0921. The predicted molar refractivity (Wildman–Crippen MR) is 89.3 cm³/mol. The van der Waals surface area contributed by atoms with Gasteiger partial charge in [0.2, 0.25) is 0 Å². The van der Waals surface area contributed by atoms with Gasteiger partial charge in [0.15, 0.2) is 20.8 Å². The Morgan fingerprint density at radius 2 is 2.17 bits per heavy atom. The van der Waals surface area contributed by atoms with Gasteiger partial charge in [-0.25, -0.2) is 18.1 Å². The number of hydrogen-bond donors (Lipinski definition) is 0. The fourth-order valence-electron chi connectivity index (χ4n) is 2.96. The van der Waals surface area contributed by atoms with Crippen LogP contribution in [0.5, 0.6) is 0 Å². The predicted octanol–water partition coefficient (Wildman–Crippen LogP) is 1.01. The molecule has 4 rings (SSSR count). The van der Waals surface area contributed by atoms with E-state index in [1.54, 1.807) is 18.1 Å². The summed E-state index contributed by atoms with van der Waals surface area (Å²) >= 11 is 1.54. The summed E-state index contributed by atoms with van der Waals surface area (Å²) in [5, 5.41) is 13.4. The number of rotatable bonds is 6. The van der Waals surface area contributed by atoms with Crippen molar-refractivity contribution in [3.8, 4) is 0 Å². The van der Waals surface area contributed by atoms with Crippen molar-refractivity contribution in [2.75, 3.05) is 11.5 Å². The first-order valence-electron chi connectivity index (χ1n) is 8.12. The molecule has 0 aromatic carbocycles. The van der Waals surface area contributed by atoms with E-state index in [-0.39, 0.29) is 17.5 Å². The molecular formula is C14H20N6O2S2. The molecule has 1 atom stereocenters. The quantitative estimate of drug-likeness (QED) is 0.702. The van der Waals surface area contributed by atoms with E-state index in [0.717, 1.165) is 23.2 Å². The second-order valence-electron chi connectivity index (χ2n) is 6.61. The van der Waals surface area contributed by atoms with E-state index in [2.05, 4.69) is 15.3 Å². The van der Waals surface area contributed by atoms with Gasteiger partial charge in [0, 0.05) is 13.5 Å². The third-order valence-electron chi connectivity index (χ3n) is 4.47. The molecule has 0 unspecified atom stereocenters. The standard InChI is InChI=1S/C14H20N6O2S2/c1-19-9-15-17-14(19)23-7-13-16-12(6-10-2-3-10)18-20(13)11-4-5-24(21,22)8-11/h9-11H,2-8H2,1H3/t11-/m0/s1. The van der Waals surface area contributed by atoms with Crippen molar-refractivity contribution in [2.45, 2.75) is 42.6 Å². The van der Waals surface area contributed by atoms with Crippen molar-refractivity contribution in [3.63, 3.8) is 0 Å². The maximum atomic E-state index is 11.8. The first-order chi connectivity index (χ1) is 11.5. The van der Waals surface area contributed by atoms with Crippen LogP contribution in [0.3, 0.4) is 0 Å². The summed E-state index contributed by atoms with van der Waals surface area (Å²) in [6, 6.07) is -0.0921. The smallest absolute Gasteiger partial charge is 0.191 e. The molecule has 1 aliphatic carbocycles. The highest BCUT2D eigenvalue weighted by atomic mass is 32.2. The zero-order valence-electron chi connectivity index (χ0n) is 13.5. The lowest BCUT2D eigenvalue weighted by molar-refractivity contribution is 0.480. The highest BCUT2D eigenvalue weighted by Crippen LogP contribution is 2.33. The minimum Gasteiger partial charge on any atom is -0.312 e. The highest BCUT2D eigenvalue weighted by Gasteiger charge is 2.32. The topological polar surface area (TPSA) is 95.6 Å². The Morgan fingerprint density at radius 3 is 2.79 bits per heavy atom. The molecule has 3 heterocycles. The molecule has 0 N–H and O–H groups in total. The normalized spacial score (nSPS) is 23.0. The van der Waals surface area contributed by atoms with Crippen LogP contribution >= 0.6 is 11.8 Å². The van der Waals surface area contributed by atoms with Crippen LogP contribution in [-0.4, -0.2) is 49.5 Å². The largest absolute Gasteiger partial charge is 0.312 e. The second-order valence-corrected chi connectivity index (χ2v) is 9.78. The van der Waals surface area contributed by atoms with E-state index in [1.807, 2.05) is 16.3 Å². The zero-order chi connectivity index (χ0) is 16.7. The average molecular weight is 368 g/mol. The summed E-state index contributed by atoms with van der Waals surface area (Å²) in [5.74, 6) is 3.40. The van der Waals surface area contributed by atoms with E-state index in [4.69, 9.17) is 4.98 Å². The molecule has 0 bridgehead atoms. The molecule has 8 nitrogen and oxygen atoms in total. The molecule has 1 aliphatic heterocycles. The lowest BCUT2D eigenvalue weighted by Gasteiger charge is -2.11. The summed E-state index contributed by atoms with van der Waals surface area (Å²) in [6.07, 6.45) is 5.67. The molecule has 0 amide bonds. The van der Waals surface area contributed by atoms with Crippen molar-refractivity contribution < 1.29 is 8.42 Å². The number of thioether (sulfide) groups is 1. The first-order valence-corrected chi connectivity index (χ1v) is 10.9. The maximum Gasteiger partial charge on any atom is 0.191 e. The molecule has 2 fully saturated rings. The fraction of sp³-hybridized carbons (Fsp3) is 0.714. The van der Waals surface area contributed by atoms with Crippen molar-refractivity contribution >= 4 is 21.6 Å². The van der Waals surface area contributed by atoms with Gasteiger partial charge in [0.1, 0.15) is 12.2 Å². The summed E-state index contributed by atoms with van der Waals surface area (Å²) in [4.78, 5) is 4.69. The minimum atomic E-state index is -2.95. The third kappa shape index (κ3) is 3.49. The van der Waals surface area contributed by atoms with Crippen molar-refractivity contribution in [2.24, 2.45) is 13.0 Å². The lowest BCUT2D eigenvalue weighted by atomic mass is 10.3. The maximum absolute atomic E-state index is 11.8. The van der Waals surface area contributed by atoms with E-state index < -0.39 is 9.84 Å². The molecule has 130 valence electrons. The van der Waals surface area contributed by atoms with Crippen LogP contribution in [-0.2, 0) is 29.1 Å². The van der Waals surface area contributed by atoms with E-state index >= 15 is 0 Å². The Bertz CT molecular complexity index is 839. The molecule has 10 heteroatoms. The van der Waals surface area contributed by atoms with Crippen molar-refractivity contribution in [1.29, 1.82) is 0 Å². The molecular weight excluding hydrogens is 348 g/mol. The molecule has 0 radical (unpaired) electrons. The Kier molecular flexibility index (Phi) is 4.11. The number of sulfone groups is 1. The van der Waals surface area contributed by atoms with Crippen LogP contribution in [0.15, 0.2) is 11.5 Å². The third-order valence-corrected chi connectivity index (χ3v) is 7.25. The number of aryl methyl sites for hydroxylation is 1. The van der Waals surface area contributed by atoms with Gasteiger partial charge in [-0.05, 0) is 25.2 Å². The van der Waals surface area contributed by atoms with E-state index in [1.165, 1.54) is 12.8 Å². The van der Waals surface area contributed by atoms with Gasteiger partial charge in [0.25, 0.3) is 0 Å². The highest BCUT2D eigenvalue weighted by molar-refractivity contribution is 7.98. The van der Waals surface area contributed by atoms with Crippen LogP contribution < -0.4 is 0 Å². The lowest BCUT2D eigenvalue weighted by Crippen LogP contribution is -2.15. The van der Waals surface area contributed by atoms with Crippen LogP contribution in [0.25, 0.3) is 0 Å². The fourth-order valence-corrected chi connectivity index (χ4v) is 5.47. The molecule has 2 aromatic rings. The summed E-state index contributed by atoms with van der Waals surface area (Å²) in [5.41, 5.74) is 0. The van der Waals surface area contributed by atoms with Gasteiger partial charge >= 0.3 is 0 Å². The first kappa shape index (κ1) is 16.1. The Hall–Kier alpha value is -1.42. The van der Waals surface area contributed by atoms with Crippen molar-refractivity contribution in [3.05, 3.63) is 18.0 Å². The molecule has 0 spiro atoms. The van der Waals surface area contributed by atoms with E-state index in [0.29, 0.717) is 18.1 Å². The molecule has 24 heavy (non-hydrogen) atoms. The van der Waals surface area contributed by atoms with Gasteiger partial charge < -0.3 is 4.57 Å². The van der Waals surface area contributed by atoms with Gasteiger partial charge in [-0.3, -0.25) is 0 Å². The van der Waals surface area contributed by atoms with Crippen molar-refractivity contribution in [1.82, 2.24) is 29.5 Å². The van der Waals surface area contributed by atoms with Crippen LogP contribution in [0, 0.1) is 5.92 Å². The van der Waals surface area contributed by atoms with E-state index in [9.17, 15) is 8.42 Å². The average Bonchev–Trinajstić information content (AvgIpc) is 2.92. The number of aromatic nitrogens is 6.